The van der Waals surface area contributed by atoms with Crippen molar-refractivity contribution in [1.29, 1.82) is 0 Å². The van der Waals surface area contributed by atoms with Crippen LogP contribution in [0.5, 0.6) is 0 Å². The predicted molar refractivity (Wildman–Crippen MR) is 125 cm³/mol. The van der Waals surface area contributed by atoms with Crippen molar-refractivity contribution in [3.8, 4) is 0 Å². The molecule has 4 aromatic carbocycles. The monoisotopic (exact) mass is 398 g/mol. The van der Waals surface area contributed by atoms with Crippen LogP contribution in [0.15, 0.2) is 94.0 Å². The summed E-state index contributed by atoms with van der Waals surface area (Å²) in [6.07, 6.45) is 3.87. The zero-order valence-electron chi connectivity index (χ0n) is 16.3. The van der Waals surface area contributed by atoms with Gasteiger partial charge in [0.05, 0.1) is 5.52 Å². The molecular weight excluding hydrogens is 384 g/mol. The lowest BCUT2D eigenvalue weighted by Crippen LogP contribution is -1.90. The predicted octanol–water partition coefficient (Wildman–Crippen LogP) is 7.44. The molecule has 0 N–H and O–H groups in total. The highest BCUT2D eigenvalue weighted by Crippen LogP contribution is 2.42. The summed E-state index contributed by atoms with van der Waals surface area (Å²) in [5.41, 5.74) is 5.49. The molecule has 0 saturated carbocycles. The van der Waals surface area contributed by atoms with Gasteiger partial charge in [0.15, 0.2) is 5.58 Å². The zero-order chi connectivity index (χ0) is 20.1. The van der Waals surface area contributed by atoms with Gasteiger partial charge in [-0.15, -0.1) is 0 Å². The molecule has 0 atom stereocenters. The third kappa shape index (κ3) is 1.79. The average Bonchev–Trinajstić information content (AvgIpc) is 3.53. The van der Waals surface area contributed by atoms with E-state index in [0.29, 0.717) is 0 Å². The minimum absolute atomic E-state index is 0.864. The molecule has 0 spiro atoms. The van der Waals surface area contributed by atoms with Gasteiger partial charge >= 0.3 is 0 Å². The molecule has 0 amide bonds. The highest BCUT2D eigenvalue weighted by atomic mass is 16.3. The van der Waals surface area contributed by atoms with Gasteiger partial charge in [0.25, 0.3) is 0 Å². The van der Waals surface area contributed by atoms with E-state index in [1.54, 1.807) is 0 Å². The van der Waals surface area contributed by atoms with Crippen molar-refractivity contribution in [2.45, 2.75) is 0 Å². The molecule has 0 radical (unpaired) electrons. The summed E-state index contributed by atoms with van der Waals surface area (Å²) in [5, 5.41) is 7.87. The van der Waals surface area contributed by atoms with Gasteiger partial charge in [-0.05, 0) is 29.7 Å². The molecular formula is C27H14N2O2. The Hall–Kier alpha value is -4.31. The number of benzene rings is 4. The second-order valence-corrected chi connectivity index (χ2v) is 8.02. The molecule has 8 aromatic rings. The number of fused-ring (bicyclic) bond motifs is 14. The first-order valence-electron chi connectivity index (χ1n) is 10.3. The Morgan fingerprint density at radius 2 is 1.29 bits per heavy atom. The Labute approximate surface area is 174 Å². The van der Waals surface area contributed by atoms with Gasteiger partial charge in [-0.25, -0.2) is 4.98 Å². The fraction of sp³-hybridized carbons (Fsp3) is 0. The summed E-state index contributed by atoms with van der Waals surface area (Å²) in [6.45, 7) is 0. The van der Waals surface area contributed by atoms with Crippen LogP contribution in [0.2, 0.25) is 0 Å². The smallest absolute Gasteiger partial charge is 0.160 e. The first-order valence-corrected chi connectivity index (χ1v) is 10.3. The number of rotatable bonds is 0. The maximum Gasteiger partial charge on any atom is 0.160 e. The summed E-state index contributed by atoms with van der Waals surface area (Å²) < 4.78 is 14.8. The van der Waals surface area contributed by atoms with Crippen LogP contribution in [0, 0.1) is 0 Å². The van der Waals surface area contributed by atoms with E-state index >= 15 is 0 Å². The van der Waals surface area contributed by atoms with Gasteiger partial charge < -0.3 is 8.83 Å². The Morgan fingerprint density at radius 1 is 0.581 bits per heavy atom. The van der Waals surface area contributed by atoms with Gasteiger partial charge in [-0.1, -0.05) is 48.5 Å². The zero-order valence-corrected chi connectivity index (χ0v) is 16.3. The van der Waals surface area contributed by atoms with Crippen molar-refractivity contribution in [3.05, 3.63) is 85.2 Å². The number of aromatic nitrogens is 2. The van der Waals surface area contributed by atoms with Crippen LogP contribution in [-0.4, -0.2) is 9.38 Å². The van der Waals surface area contributed by atoms with Gasteiger partial charge in [-0.3, -0.25) is 4.40 Å². The van der Waals surface area contributed by atoms with E-state index in [9.17, 15) is 0 Å². The highest BCUT2D eigenvalue weighted by molar-refractivity contribution is 6.29. The van der Waals surface area contributed by atoms with Gasteiger partial charge in [0.1, 0.15) is 22.4 Å². The number of hydrogen-bond donors (Lipinski definition) is 0. The molecule has 31 heavy (non-hydrogen) atoms. The Kier molecular flexibility index (Phi) is 2.62. The molecule has 4 heteroatoms. The lowest BCUT2D eigenvalue weighted by Gasteiger charge is -2.08. The van der Waals surface area contributed by atoms with Gasteiger partial charge in [0, 0.05) is 44.7 Å². The quantitative estimate of drug-likeness (QED) is 0.249. The van der Waals surface area contributed by atoms with E-state index in [-0.39, 0.29) is 0 Å². The summed E-state index contributed by atoms with van der Waals surface area (Å²) in [7, 11) is 0. The third-order valence-corrected chi connectivity index (χ3v) is 6.46. The molecule has 0 fully saturated rings. The van der Waals surface area contributed by atoms with Crippen LogP contribution in [0.25, 0.3) is 71.2 Å². The number of furan rings is 2. The first kappa shape index (κ1) is 15.5. The SMILES string of the molecule is c1ccc2c(c1)oc1ccc3oc4c(ccc5c6ccccc6c6nccn6c54)c3c12. The van der Waals surface area contributed by atoms with Gasteiger partial charge in [0.2, 0.25) is 0 Å². The minimum Gasteiger partial charge on any atom is -0.456 e. The molecule has 0 saturated heterocycles. The van der Waals surface area contributed by atoms with E-state index in [2.05, 4.69) is 57.9 Å². The molecule has 0 aliphatic heterocycles. The van der Waals surface area contributed by atoms with Crippen LogP contribution in [0.4, 0.5) is 0 Å². The normalized spacial score (nSPS) is 12.5. The summed E-state index contributed by atoms with van der Waals surface area (Å²) in [4.78, 5) is 4.65. The molecule has 8 rings (SSSR count). The fourth-order valence-electron chi connectivity index (χ4n) is 5.18. The molecule has 4 heterocycles. The van der Waals surface area contributed by atoms with E-state index in [1.165, 1.54) is 5.39 Å². The average molecular weight is 398 g/mol. The number of pyridine rings is 1. The molecule has 0 bridgehead atoms. The van der Waals surface area contributed by atoms with Gasteiger partial charge in [-0.2, -0.15) is 0 Å². The van der Waals surface area contributed by atoms with E-state index in [4.69, 9.17) is 8.83 Å². The summed E-state index contributed by atoms with van der Waals surface area (Å²) in [6, 6.07) is 25.0. The van der Waals surface area contributed by atoms with E-state index < -0.39 is 0 Å². The Bertz CT molecular complexity index is 2000. The van der Waals surface area contributed by atoms with E-state index in [1.807, 2.05) is 36.7 Å². The van der Waals surface area contributed by atoms with Crippen molar-refractivity contribution in [2.75, 3.05) is 0 Å². The van der Waals surface area contributed by atoms with Crippen LogP contribution in [0.1, 0.15) is 0 Å². The standard InChI is InChI=1S/C27H14N2O2/c1-2-6-17-15(5-1)16-9-10-19-24-22(31-26(19)25(16)29-14-13-28-27(17)29)12-11-21-23(24)18-7-3-4-8-20(18)30-21/h1-14H. The van der Waals surface area contributed by atoms with Crippen LogP contribution < -0.4 is 0 Å². The molecule has 0 unspecified atom stereocenters. The number of para-hydroxylation sites is 1. The summed E-state index contributed by atoms with van der Waals surface area (Å²) >= 11 is 0. The minimum atomic E-state index is 0.864. The van der Waals surface area contributed by atoms with Crippen LogP contribution >= 0.6 is 0 Å². The lowest BCUT2D eigenvalue weighted by molar-refractivity contribution is 0.664. The second kappa shape index (κ2) is 5.24. The van der Waals surface area contributed by atoms with Crippen molar-refractivity contribution in [2.24, 2.45) is 0 Å². The van der Waals surface area contributed by atoms with Crippen LogP contribution in [-0.2, 0) is 0 Å². The molecule has 4 nitrogen and oxygen atoms in total. The maximum absolute atomic E-state index is 6.53. The fourth-order valence-corrected chi connectivity index (χ4v) is 5.18. The molecule has 0 aliphatic rings. The van der Waals surface area contributed by atoms with Crippen molar-refractivity contribution in [1.82, 2.24) is 9.38 Å². The van der Waals surface area contributed by atoms with Crippen LogP contribution in [0.3, 0.4) is 0 Å². The van der Waals surface area contributed by atoms with Crippen molar-refractivity contribution < 1.29 is 8.83 Å². The van der Waals surface area contributed by atoms with Crippen molar-refractivity contribution >= 4 is 71.2 Å². The number of nitrogens with zero attached hydrogens (tertiary/aromatic N) is 2. The van der Waals surface area contributed by atoms with Crippen molar-refractivity contribution in [3.63, 3.8) is 0 Å². The molecule has 4 aromatic heterocycles. The third-order valence-electron chi connectivity index (χ3n) is 6.46. The highest BCUT2D eigenvalue weighted by Gasteiger charge is 2.19. The first-order chi connectivity index (χ1) is 15.4. The number of hydrogen-bond acceptors (Lipinski definition) is 3. The largest absolute Gasteiger partial charge is 0.456 e. The Balaban J connectivity index is 1.69. The molecule has 144 valence electrons. The molecule has 0 aliphatic carbocycles. The number of imidazole rings is 1. The Morgan fingerprint density at radius 3 is 2.19 bits per heavy atom. The van der Waals surface area contributed by atoms with E-state index in [0.717, 1.165) is 65.8 Å². The lowest BCUT2D eigenvalue weighted by atomic mass is 10.0. The maximum atomic E-state index is 6.53. The summed E-state index contributed by atoms with van der Waals surface area (Å²) in [5.74, 6) is 0. The second-order valence-electron chi connectivity index (χ2n) is 8.02. The topological polar surface area (TPSA) is 43.6 Å².